The number of rotatable bonds is 5. The quantitative estimate of drug-likeness (QED) is 0.462. The molecule has 4 rings (SSSR count). The van der Waals surface area contributed by atoms with Crippen LogP contribution in [0.5, 0.6) is 0 Å². The predicted octanol–water partition coefficient (Wildman–Crippen LogP) is 4.27. The van der Waals surface area contributed by atoms with Crippen LogP contribution in [0.4, 0.5) is 43.9 Å². The molecule has 3 aromatic rings. The van der Waals surface area contributed by atoms with Gasteiger partial charge < -0.3 is 16.0 Å². The maximum atomic E-state index is 13.1. The van der Waals surface area contributed by atoms with Gasteiger partial charge in [0.1, 0.15) is 17.1 Å². The van der Waals surface area contributed by atoms with Crippen LogP contribution in [0.25, 0.3) is 11.5 Å². The van der Waals surface area contributed by atoms with Gasteiger partial charge in [-0.3, -0.25) is 4.98 Å². The first kappa shape index (κ1) is 23.6. The molecule has 0 radical (unpaired) electrons. The third-order valence-electron chi connectivity index (χ3n) is 4.88. The second-order valence-corrected chi connectivity index (χ2v) is 7.43. The highest BCUT2D eigenvalue weighted by Gasteiger charge is 2.33. The highest BCUT2D eigenvalue weighted by molar-refractivity contribution is 5.59. The van der Waals surface area contributed by atoms with Gasteiger partial charge >= 0.3 is 12.4 Å². The van der Waals surface area contributed by atoms with Gasteiger partial charge in [0, 0.05) is 17.9 Å². The van der Waals surface area contributed by atoms with Crippen LogP contribution in [0.2, 0.25) is 0 Å². The number of hydrogen-bond acceptors (Lipinski definition) is 8. The molecular weight excluding hydrogens is 466 g/mol. The van der Waals surface area contributed by atoms with Crippen molar-refractivity contribution in [2.75, 3.05) is 23.7 Å². The molecule has 1 aliphatic heterocycles. The summed E-state index contributed by atoms with van der Waals surface area (Å²) in [5.74, 6) is -0.284. The Morgan fingerprint density at radius 2 is 1.53 bits per heavy atom. The molecule has 14 heteroatoms. The Morgan fingerprint density at radius 3 is 2.24 bits per heavy atom. The summed E-state index contributed by atoms with van der Waals surface area (Å²) in [6.45, 7) is 1.51. The molecule has 3 aromatic heterocycles. The number of hydrogen-bond donors (Lipinski definition) is 3. The van der Waals surface area contributed by atoms with Crippen molar-refractivity contribution in [3.8, 4) is 11.5 Å². The third kappa shape index (κ3) is 5.87. The normalized spacial score (nSPS) is 15.2. The molecule has 8 nitrogen and oxygen atoms in total. The van der Waals surface area contributed by atoms with Crippen molar-refractivity contribution < 1.29 is 26.3 Å². The summed E-state index contributed by atoms with van der Waals surface area (Å²) >= 11 is 0. The second kappa shape index (κ2) is 9.37. The molecular formula is C20H18F6N8. The van der Waals surface area contributed by atoms with E-state index in [0.717, 1.165) is 44.3 Å². The van der Waals surface area contributed by atoms with Crippen LogP contribution in [0.15, 0.2) is 36.5 Å². The van der Waals surface area contributed by atoms with Crippen LogP contribution in [-0.4, -0.2) is 44.1 Å². The number of alkyl halides is 6. The summed E-state index contributed by atoms with van der Waals surface area (Å²) in [6.07, 6.45) is -6.86. The Labute approximate surface area is 189 Å². The topological polar surface area (TPSA) is 101 Å². The van der Waals surface area contributed by atoms with Crippen molar-refractivity contribution in [3.63, 3.8) is 0 Å². The lowest BCUT2D eigenvalue weighted by molar-refractivity contribution is -0.141. The number of anilines is 3. The highest BCUT2D eigenvalue weighted by atomic mass is 19.4. The van der Waals surface area contributed by atoms with Gasteiger partial charge in [0.15, 0.2) is 5.82 Å². The van der Waals surface area contributed by atoms with Gasteiger partial charge in [0.2, 0.25) is 11.9 Å². The molecule has 1 aliphatic rings. The van der Waals surface area contributed by atoms with Crippen LogP contribution in [0.1, 0.15) is 24.2 Å². The van der Waals surface area contributed by atoms with E-state index in [1.54, 1.807) is 0 Å². The Kier molecular flexibility index (Phi) is 6.50. The number of pyridine rings is 2. The SMILES string of the molecule is FC(F)(F)c1cc(Nc2nc(NC3CCNCC3)nc(-c3cccc(C(F)(F)F)n3)n2)ccn1. The largest absolute Gasteiger partial charge is 0.433 e. The van der Waals surface area contributed by atoms with E-state index >= 15 is 0 Å². The van der Waals surface area contributed by atoms with Crippen LogP contribution in [0, 0.1) is 0 Å². The molecule has 0 bridgehead atoms. The molecule has 0 atom stereocenters. The average Bonchev–Trinajstić information content (AvgIpc) is 2.79. The molecule has 0 spiro atoms. The molecule has 0 amide bonds. The first-order chi connectivity index (χ1) is 16.1. The van der Waals surface area contributed by atoms with Crippen LogP contribution >= 0.6 is 0 Å². The minimum atomic E-state index is -4.68. The van der Waals surface area contributed by atoms with Gasteiger partial charge in [0.05, 0.1) is 0 Å². The zero-order chi connectivity index (χ0) is 24.3. The fourth-order valence-electron chi connectivity index (χ4n) is 3.27. The molecule has 1 saturated heterocycles. The van der Waals surface area contributed by atoms with Crippen molar-refractivity contribution in [1.29, 1.82) is 0 Å². The predicted molar refractivity (Wildman–Crippen MR) is 110 cm³/mol. The van der Waals surface area contributed by atoms with Gasteiger partial charge in [-0.25, -0.2) is 4.98 Å². The van der Waals surface area contributed by atoms with E-state index in [-0.39, 0.29) is 35.1 Å². The molecule has 0 aromatic carbocycles. The lowest BCUT2D eigenvalue weighted by atomic mass is 10.1. The van der Waals surface area contributed by atoms with Gasteiger partial charge in [-0.2, -0.15) is 41.3 Å². The first-order valence-corrected chi connectivity index (χ1v) is 10.2. The van der Waals surface area contributed by atoms with Crippen molar-refractivity contribution in [2.45, 2.75) is 31.2 Å². The molecule has 0 aliphatic carbocycles. The fourth-order valence-corrected chi connectivity index (χ4v) is 3.27. The Hall–Kier alpha value is -3.55. The van der Waals surface area contributed by atoms with Crippen molar-refractivity contribution in [1.82, 2.24) is 30.2 Å². The number of nitrogens with zero attached hydrogens (tertiary/aromatic N) is 5. The average molecular weight is 484 g/mol. The smallest absolute Gasteiger partial charge is 0.351 e. The molecule has 0 unspecified atom stereocenters. The van der Waals surface area contributed by atoms with E-state index in [1.165, 1.54) is 18.2 Å². The summed E-state index contributed by atoms with van der Waals surface area (Å²) in [5, 5.41) is 8.96. The van der Waals surface area contributed by atoms with Crippen LogP contribution < -0.4 is 16.0 Å². The lowest BCUT2D eigenvalue weighted by Gasteiger charge is -2.23. The van der Waals surface area contributed by atoms with E-state index < -0.39 is 23.7 Å². The summed E-state index contributed by atoms with van der Waals surface area (Å²) < 4.78 is 78.4. The van der Waals surface area contributed by atoms with E-state index in [0.29, 0.717) is 0 Å². The molecule has 1 fully saturated rings. The molecule has 0 saturated carbocycles. The van der Waals surface area contributed by atoms with Crippen LogP contribution in [0.3, 0.4) is 0 Å². The van der Waals surface area contributed by atoms with Crippen molar-refractivity contribution in [2.24, 2.45) is 0 Å². The van der Waals surface area contributed by atoms with E-state index in [2.05, 4.69) is 40.9 Å². The first-order valence-electron chi connectivity index (χ1n) is 10.2. The summed E-state index contributed by atoms with van der Waals surface area (Å²) in [5.41, 5.74) is -2.43. The number of nitrogens with one attached hydrogen (secondary N) is 3. The van der Waals surface area contributed by atoms with Gasteiger partial charge in [-0.1, -0.05) is 6.07 Å². The summed E-state index contributed by atoms with van der Waals surface area (Å²) in [6, 6.07) is 5.33. The van der Waals surface area contributed by atoms with Crippen molar-refractivity contribution in [3.05, 3.63) is 47.9 Å². The molecule has 4 heterocycles. The number of halogens is 6. The number of aromatic nitrogens is 5. The monoisotopic (exact) mass is 484 g/mol. The Balaban J connectivity index is 1.70. The molecule has 34 heavy (non-hydrogen) atoms. The lowest BCUT2D eigenvalue weighted by Crippen LogP contribution is -2.35. The summed E-state index contributed by atoms with van der Waals surface area (Å²) in [7, 11) is 0. The van der Waals surface area contributed by atoms with E-state index in [4.69, 9.17) is 0 Å². The standard InChI is InChI=1S/C20H18F6N8/c21-19(22,23)14-3-1-2-13(31-14)16-32-17(29-11-4-7-27-8-5-11)34-18(33-16)30-12-6-9-28-15(10-12)20(24,25)26/h1-3,6,9-11,27H,4-5,7-8H2,(H2,28,29,30,32,33,34). The second-order valence-electron chi connectivity index (χ2n) is 7.43. The zero-order valence-electron chi connectivity index (χ0n) is 17.4. The van der Waals surface area contributed by atoms with Gasteiger partial charge in [0.25, 0.3) is 0 Å². The van der Waals surface area contributed by atoms with E-state index in [9.17, 15) is 26.3 Å². The maximum absolute atomic E-state index is 13.1. The fraction of sp³-hybridized carbons (Fsp3) is 0.350. The Morgan fingerprint density at radius 1 is 0.824 bits per heavy atom. The van der Waals surface area contributed by atoms with Crippen molar-refractivity contribution >= 4 is 17.6 Å². The summed E-state index contributed by atoms with van der Waals surface area (Å²) in [4.78, 5) is 19.4. The highest BCUT2D eigenvalue weighted by Crippen LogP contribution is 2.31. The minimum Gasteiger partial charge on any atom is -0.351 e. The number of piperidine rings is 1. The van der Waals surface area contributed by atoms with Gasteiger partial charge in [-0.05, 0) is 50.2 Å². The third-order valence-corrected chi connectivity index (χ3v) is 4.88. The van der Waals surface area contributed by atoms with Gasteiger partial charge in [-0.15, -0.1) is 0 Å². The Bertz CT molecular complexity index is 1140. The molecule has 3 N–H and O–H groups in total. The zero-order valence-corrected chi connectivity index (χ0v) is 17.4. The van der Waals surface area contributed by atoms with E-state index in [1.807, 2.05) is 0 Å². The molecule has 180 valence electrons. The van der Waals surface area contributed by atoms with Crippen LogP contribution in [-0.2, 0) is 12.4 Å². The minimum absolute atomic E-state index is 0.00317. The maximum Gasteiger partial charge on any atom is 0.433 e.